The maximum absolute atomic E-state index is 13.8. The topological polar surface area (TPSA) is 46.3 Å². The molecule has 2 atom stereocenters. The van der Waals surface area contributed by atoms with Crippen molar-refractivity contribution in [1.82, 2.24) is 4.90 Å². The van der Waals surface area contributed by atoms with Crippen LogP contribution in [-0.2, 0) is 0 Å². The van der Waals surface area contributed by atoms with Crippen LogP contribution in [0.15, 0.2) is 18.2 Å². The number of hydrogen-bond acceptors (Lipinski definition) is 2. The van der Waals surface area contributed by atoms with Crippen LogP contribution >= 0.6 is 11.6 Å². The summed E-state index contributed by atoms with van der Waals surface area (Å²) >= 11 is 5.70. The molecule has 2 rings (SSSR count). The van der Waals surface area contributed by atoms with Crippen molar-refractivity contribution in [3.63, 3.8) is 0 Å². The lowest BCUT2D eigenvalue weighted by Crippen LogP contribution is -2.51. The Morgan fingerprint density at radius 1 is 1.58 bits per heavy atom. The van der Waals surface area contributed by atoms with Crippen molar-refractivity contribution in [1.29, 1.82) is 0 Å². The van der Waals surface area contributed by atoms with Crippen LogP contribution in [-0.4, -0.2) is 29.9 Å². The van der Waals surface area contributed by atoms with E-state index < -0.39 is 5.82 Å². The average molecular weight is 285 g/mol. The summed E-state index contributed by atoms with van der Waals surface area (Å²) in [6, 6.07) is 4.12. The van der Waals surface area contributed by atoms with Crippen molar-refractivity contribution in [3.05, 3.63) is 34.6 Å². The van der Waals surface area contributed by atoms with E-state index in [0.29, 0.717) is 19.0 Å². The molecule has 1 fully saturated rings. The number of piperidine rings is 1. The summed E-state index contributed by atoms with van der Waals surface area (Å²) in [6.45, 7) is 3.12. The molecule has 1 heterocycles. The Bertz CT molecular complexity index is 481. The van der Waals surface area contributed by atoms with Crippen molar-refractivity contribution in [3.8, 4) is 0 Å². The van der Waals surface area contributed by atoms with E-state index >= 15 is 0 Å². The second-order valence-electron chi connectivity index (χ2n) is 5.05. The standard InChI is InChI=1S/C14H18ClFN2O/c1-9-3-2-6-18(13(9)8-17)14(19)11-5-4-10(15)7-12(11)16/h4-5,7,9,13H,2-3,6,8,17H2,1H3. The van der Waals surface area contributed by atoms with Gasteiger partial charge in [0.15, 0.2) is 0 Å². The van der Waals surface area contributed by atoms with Crippen molar-refractivity contribution in [2.75, 3.05) is 13.1 Å². The number of benzene rings is 1. The predicted molar refractivity (Wildman–Crippen MR) is 73.7 cm³/mol. The highest BCUT2D eigenvalue weighted by atomic mass is 35.5. The van der Waals surface area contributed by atoms with Gasteiger partial charge in [0.05, 0.1) is 5.56 Å². The molecule has 0 radical (unpaired) electrons. The maximum Gasteiger partial charge on any atom is 0.257 e. The Morgan fingerprint density at radius 3 is 2.95 bits per heavy atom. The van der Waals surface area contributed by atoms with Crippen LogP contribution in [0.3, 0.4) is 0 Å². The summed E-state index contributed by atoms with van der Waals surface area (Å²) in [5.41, 5.74) is 5.82. The van der Waals surface area contributed by atoms with Gasteiger partial charge in [-0.1, -0.05) is 18.5 Å². The molecule has 1 aliphatic rings. The minimum absolute atomic E-state index is 0.0173. The Hall–Kier alpha value is -1.13. The number of carbonyl (C=O) groups is 1. The first-order valence-electron chi connectivity index (χ1n) is 6.50. The Balaban J connectivity index is 2.27. The molecule has 2 unspecified atom stereocenters. The molecule has 0 aliphatic carbocycles. The Morgan fingerprint density at radius 2 is 2.32 bits per heavy atom. The van der Waals surface area contributed by atoms with Gasteiger partial charge in [-0.25, -0.2) is 4.39 Å². The largest absolute Gasteiger partial charge is 0.334 e. The number of halogens is 2. The lowest BCUT2D eigenvalue weighted by molar-refractivity contribution is 0.0528. The molecule has 5 heteroatoms. The van der Waals surface area contributed by atoms with Crippen LogP contribution in [0.1, 0.15) is 30.1 Å². The van der Waals surface area contributed by atoms with E-state index in [9.17, 15) is 9.18 Å². The number of amides is 1. The quantitative estimate of drug-likeness (QED) is 0.907. The molecule has 19 heavy (non-hydrogen) atoms. The van der Waals surface area contributed by atoms with Crippen LogP contribution in [0, 0.1) is 11.7 Å². The molecular formula is C14H18ClFN2O. The van der Waals surface area contributed by atoms with Crippen LogP contribution < -0.4 is 5.73 Å². The molecule has 0 saturated carbocycles. The SMILES string of the molecule is CC1CCCN(C(=O)c2ccc(Cl)cc2F)C1CN. The number of rotatable bonds is 2. The molecule has 1 amide bonds. The molecule has 1 saturated heterocycles. The van der Waals surface area contributed by atoms with E-state index in [2.05, 4.69) is 6.92 Å². The highest BCUT2D eigenvalue weighted by Crippen LogP contribution is 2.25. The number of nitrogens with two attached hydrogens (primary N) is 1. The fourth-order valence-electron chi connectivity index (χ4n) is 2.68. The zero-order chi connectivity index (χ0) is 14.0. The van der Waals surface area contributed by atoms with Crippen molar-refractivity contribution in [2.45, 2.75) is 25.8 Å². The molecule has 1 aliphatic heterocycles. The van der Waals surface area contributed by atoms with E-state index in [-0.39, 0.29) is 22.5 Å². The summed E-state index contributed by atoms with van der Waals surface area (Å²) in [6.07, 6.45) is 1.98. The summed E-state index contributed by atoms with van der Waals surface area (Å²) in [7, 11) is 0. The zero-order valence-corrected chi connectivity index (χ0v) is 11.7. The van der Waals surface area contributed by atoms with Gasteiger partial charge >= 0.3 is 0 Å². The lowest BCUT2D eigenvalue weighted by atomic mass is 9.90. The molecule has 0 bridgehead atoms. The van der Waals surface area contributed by atoms with Crippen LogP contribution in [0.25, 0.3) is 0 Å². The first-order valence-corrected chi connectivity index (χ1v) is 6.88. The van der Waals surface area contributed by atoms with Crippen molar-refractivity contribution in [2.24, 2.45) is 11.7 Å². The number of likely N-dealkylation sites (tertiary alicyclic amines) is 1. The minimum Gasteiger partial charge on any atom is -0.334 e. The van der Waals surface area contributed by atoms with Gasteiger partial charge < -0.3 is 10.6 Å². The van der Waals surface area contributed by atoms with Crippen molar-refractivity contribution >= 4 is 17.5 Å². The number of nitrogens with zero attached hydrogens (tertiary/aromatic N) is 1. The highest BCUT2D eigenvalue weighted by molar-refractivity contribution is 6.30. The molecule has 1 aromatic rings. The summed E-state index contributed by atoms with van der Waals surface area (Å²) in [5, 5.41) is 0.288. The monoisotopic (exact) mass is 284 g/mol. The number of hydrogen-bond donors (Lipinski definition) is 1. The van der Waals surface area contributed by atoms with Gasteiger partial charge in [-0.3, -0.25) is 4.79 Å². The van der Waals surface area contributed by atoms with Gasteiger partial charge in [-0.05, 0) is 37.0 Å². The Labute approximate surface area is 117 Å². The second-order valence-corrected chi connectivity index (χ2v) is 5.48. The fourth-order valence-corrected chi connectivity index (χ4v) is 2.84. The smallest absolute Gasteiger partial charge is 0.257 e. The molecule has 2 N–H and O–H groups in total. The average Bonchev–Trinajstić information content (AvgIpc) is 2.37. The second kappa shape index (κ2) is 5.88. The van der Waals surface area contributed by atoms with Gasteiger partial charge in [0, 0.05) is 24.2 Å². The predicted octanol–water partition coefficient (Wildman–Crippen LogP) is 2.68. The molecule has 1 aromatic carbocycles. The first-order chi connectivity index (χ1) is 9.04. The third-order valence-electron chi connectivity index (χ3n) is 3.78. The molecule has 3 nitrogen and oxygen atoms in total. The normalized spacial score (nSPS) is 23.5. The molecule has 0 aromatic heterocycles. The Kier molecular flexibility index (Phi) is 4.42. The van der Waals surface area contributed by atoms with Crippen molar-refractivity contribution < 1.29 is 9.18 Å². The van der Waals surface area contributed by atoms with Gasteiger partial charge in [-0.2, -0.15) is 0 Å². The van der Waals surface area contributed by atoms with Crippen LogP contribution in [0.5, 0.6) is 0 Å². The van der Waals surface area contributed by atoms with E-state index in [1.807, 2.05) is 0 Å². The third-order valence-corrected chi connectivity index (χ3v) is 4.01. The lowest BCUT2D eigenvalue weighted by Gasteiger charge is -2.39. The summed E-state index contributed by atoms with van der Waals surface area (Å²) in [4.78, 5) is 14.1. The van der Waals surface area contributed by atoms with Gasteiger partial charge in [-0.15, -0.1) is 0 Å². The van der Waals surface area contributed by atoms with Crippen LogP contribution in [0.2, 0.25) is 5.02 Å². The molecule has 104 valence electrons. The highest BCUT2D eigenvalue weighted by Gasteiger charge is 2.32. The van der Waals surface area contributed by atoms with E-state index in [4.69, 9.17) is 17.3 Å². The van der Waals surface area contributed by atoms with Crippen LogP contribution in [0.4, 0.5) is 4.39 Å². The van der Waals surface area contributed by atoms with E-state index in [1.54, 1.807) is 4.90 Å². The first kappa shape index (κ1) is 14.3. The zero-order valence-electron chi connectivity index (χ0n) is 10.9. The minimum atomic E-state index is -0.577. The fraction of sp³-hybridized carbons (Fsp3) is 0.500. The van der Waals surface area contributed by atoms with E-state index in [0.717, 1.165) is 12.8 Å². The van der Waals surface area contributed by atoms with Gasteiger partial charge in [0.25, 0.3) is 5.91 Å². The summed E-state index contributed by atoms with van der Waals surface area (Å²) in [5.74, 6) is -0.527. The van der Waals surface area contributed by atoms with Gasteiger partial charge in [0.1, 0.15) is 5.82 Å². The van der Waals surface area contributed by atoms with Gasteiger partial charge in [0.2, 0.25) is 0 Å². The third kappa shape index (κ3) is 2.90. The summed E-state index contributed by atoms with van der Waals surface area (Å²) < 4.78 is 13.8. The number of carbonyl (C=O) groups excluding carboxylic acids is 1. The van der Waals surface area contributed by atoms with E-state index in [1.165, 1.54) is 18.2 Å². The molecule has 0 spiro atoms. The molecular weight excluding hydrogens is 267 g/mol. The maximum atomic E-state index is 13.8.